The van der Waals surface area contributed by atoms with Gasteiger partial charge in [-0.3, -0.25) is 4.79 Å². The molecule has 2 rings (SSSR count). The molecule has 2 aromatic carbocycles. The number of rotatable bonds is 2. The first-order chi connectivity index (χ1) is 8.97. The lowest BCUT2D eigenvalue weighted by Crippen LogP contribution is -2.12. The number of phenolic OH excluding ortho intramolecular Hbond substituents is 1. The second kappa shape index (κ2) is 5.47. The predicted molar refractivity (Wildman–Crippen MR) is 72.5 cm³/mol. The van der Waals surface area contributed by atoms with Crippen molar-refractivity contribution >= 4 is 34.8 Å². The van der Waals surface area contributed by atoms with E-state index in [0.717, 1.165) is 12.1 Å². The number of halogens is 3. The van der Waals surface area contributed by atoms with Crippen LogP contribution in [0.1, 0.15) is 10.4 Å². The van der Waals surface area contributed by atoms with E-state index in [1.165, 1.54) is 24.3 Å². The molecule has 0 aromatic heterocycles. The topological polar surface area (TPSA) is 49.3 Å². The first-order valence-corrected chi connectivity index (χ1v) is 5.98. The smallest absolute Gasteiger partial charge is 0.255 e. The Morgan fingerprint density at radius 1 is 1.11 bits per heavy atom. The summed E-state index contributed by atoms with van der Waals surface area (Å²) in [6, 6.07) is 7.75. The lowest BCUT2D eigenvalue weighted by Gasteiger charge is -2.09. The van der Waals surface area contributed by atoms with Crippen molar-refractivity contribution in [1.29, 1.82) is 0 Å². The highest BCUT2D eigenvalue weighted by Gasteiger charge is 2.13. The Hall–Kier alpha value is -1.78. The van der Waals surface area contributed by atoms with Gasteiger partial charge in [0.25, 0.3) is 5.91 Å². The first-order valence-electron chi connectivity index (χ1n) is 5.22. The Labute approximate surface area is 118 Å². The molecule has 0 heterocycles. The Morgan fingerprint density at radius 3 is 2.16 bits per heavy atom. The van der Waals surface area contributed by atoms with Crippen molar-refractivity contribution in [3.63, 3.8) is 0 Å². The van der Waals surface area contributed by atoms with Crippen molar-refractivity contribution in [2.45, 2.75) is 0 Å². The third-order valence-electron chi connectivity index (χ3n) is 2.37. The van der Waals surface area contributed by atoms with Gasteiger partial charge in [0, 0.05) is 5.56 Å². The molecular weight excluding hydrogens is 292 g/mol. The number of hydrogen-bond donors (Lipinski definition) is 2. The van der Waals surface area contributed by atoms with Crippen molar-refractivity contribution in [3.8, 4) is 5.75 Å². The summed E-state index contributed by atoms with van der Waals surface area (Å²) < 4.78 is 13.0. The minimum absolute atomic E-state index is 0.0112. The average molecular weight is 300 g/mol. The molecule has 3 nitrogen and oxygen atoms in total. The Bertz CT molecular complexity index is 606. The van der Waals surface area contributed by atoms with Gasteiger partial charge in [-0.15, -0.1) is 0 Å². The fraction of sp³-hybridized carbons (Fsp3) is 0. The standard InChI is InChI=1S/C13H8Cl2FNO2/c14-10-5-8(16)6-11(15)12(10)17-13(19)7-1-3-9(18)4-2-7/h1-6,18H,(H,17,19). The summed E-state index contributed by atoms with van der Waals surface area (Å²) in [6.07, 6.45) is 0. The van der Waals surface area contributed by atoms with Crippen LogP contribution in [-0.4, -0.2) is 11.0 Å². The number of benzene rings is 2. The molecule has 19 heavy (non-hydrogen) atoms. The minimum atomic E-state index is -0.586. The van der Waals surface area contributed by atoms with Gasteiger partial charge < -0.3 is 10.4 Å². The fourth-order valence-electron chi connectivity index (χ4n) is 1.46. The SMILES string of the molecule is O=C(Nc1c(Cl)cc(F)cc1Cl)c1ccc(O)cc1. The van der Waals surface area contributed by atoms with Crippen LogP contribution in [0.2, 0.25) is 10.0 Å². The van der Waals surface area contributed by atoms with E-state index in [9.17, 15) is 9.18 Å². The van der Waals surface area contributed by atoms with E-state index in [1.807, 2.05) is 0 Å². The molecule has 0 saturated carbocycles. The molecular formula is C13H8Cl2FNO2. The predicted octanol–water partition coefficient (Wildman–Crippen LogP) is 4.09. The minimum Gasteiger partial charge on any atom is -0.508 e. The van der Waals surface area contributed by atoms with Gasteiger partial charge in [-0.05, 0) is 36.4 Å². The number of carbonyl (C=O) groups excluding carboxylic acids is 1. The third kappa shape index (κ3) is 3.16. The summed E-state index contributed by atoms with van der Waals surface area (Å²) in [5.74, 6) is -0.998. The zero-order valence-electron chi connectivity index (χ0n) is 9.45. The van der Waals surface area contributed by atoms with E-state index in [1.54, 1.807) is 0 Å². The maximum absolute atomic E-state index is 13.0. The summed E-state index contributed by atoms with van der Waals surface area (Å²) in [5.41, 5.74) is 0.456. The largest absolute Gasteiger partial charge is 0.508 e. The van der Waals surface area contributed by atoms with E-state index in [4.69, 9.17) is 28.3 Å². The Morgan fingerprint density at radius 2 is 1.63 bits per heavy atom. The third-order valence-corrected chi connectivity index (χ3v) is 2.97. The molecule has 1 amide bonds. The van der Waals surface area contributed by atoms with Crippen LogP contribution in [0.3, 0.4) is 0 Å². The molecule has 98 valence electrons. The number of phenols is 1. The number of nitrogens with one attached hydrogen (secondary N) is 1. The van der Waals surface area contributed by atoms with E-state index >= 15 is 0 Å². The molecule has 0 spiro atoms. The summed E-state index contributed by atoms with van der Waals surface area (Å²) >= 11 is 11.6. The Kier molecular flexibility index (Phi) is 3.93. The highest BCUT2D eigenvalue weighted by atomic mass is 35.5. The molecule has 0 unspecified atom stereocenters. The van der Waals surface area contributed by atoms with Gasteiger partial charge in [-0.25, -0.2) is 4.39 Å². The van der Waals surface area contributed by atoms with E-state index in [-0.39, 0.29) is 21.5 Å². The molecule has 0 saturated heterocycles. The monoisotopic (exact) mass is 299 g/mol. The summed E-state index contributed by atoms with van der Waals surface area (Å²) in [6.45, 7) is 0. The highest BCUT2D eigenvalue weighted by molar-refractivity contribution is 6.40. The summed E-state index contributed by atoms with van der Waals surface area (Å²) in [5, 5.41) is 11.6. The van der Waals surface area contributed by atoms with Crippen LogP contribution in [-0.2, 0) is 0 Å². The van der Waals surface area contributed by atoms with Crippen LogP contribution < -0.4 is 5.32 Å². The molecule has 2 N–H and O–H groups in total. The van der Waals surface area contributed by atoms with Gasteiger partial charge in [0.2, 0.25) is 0 Å². The van der Waals surface area contributed by atoms with Crippen molar-refractivity contribution in [1.82, 2.24) is 0 Å². The van der Waals surface area contributed by atoms with Gasteiger partial charge in [0.1, 0.15) is 11.6 Å². The number of anilines is 1. The van der Waals surface area contributed by atoms with Crippen LogP contribution in [0.25, 0.3) is 0 Å². The van der Waals surface area contributed by atoms with Gasteiger partial charge in [0.05, 0.1) is 15.7 Å². The van der Waals surface area contributed by atoms with Crippen LogP contribution in [0.5, 0.6) is 5.75 Å². The van der Waals surface area contributed by atoms with Crippen LogP contribution >= 0.6 is 23.2 Å². The number of amides is 1. The quantitative estimate of drug-likeness (QED) is 0.877. The van der Waals surface area contributed by atoms with Gasteiger partial charge in [0.15, 0.2) is 0 Å². The molecule has 0 aliphatic heterocycles. The average Bonchev–Trinajstić information content (AvgIpc) is 2.34. The fourth-order valence-corrected chi connectivity index (χ4v) is 2.02. The summed E-state index contributed by atoms with van der Waals surface area (Å²) in [7, 11) is 0. The van der Waals surface area contributed by atoms with E-state index < -0.39 is 11.7 Å². The van der Waals surface area contributed by atoms with Crippen molar-refractivity contribution in [2.24, 2.45) is 0 Å². The van der Waals surface area contributed by atoms with Crippen molar-refractivity contribution in [2.75, 3.05) is 5.32 Å². The molecule has 2 aromatic rings. The molecule has 0 atom stereocenters. The van der Waals surface area contributed by atoms with Gasteiger partial charge in [-0.1, -0.05) is 23.2 Å². The van der Waals surface area contributed by atoms with Crippen molar-refractivity contribution < 1.29 is 14.3 Å². The van der Waals surface area contributed by atoms with Crippen LogP contribution in [0, 0.1) is 5.82 Å². The number of aromatic hydroxyl groups is 1. The van der Waals surface area contributed by atoms with Crippen LogP contribution in [0.4, 0.5) is 10.1 Å². The molecule has 0 aliphatic carbocycles. The second-order valence-corrected chi connectivity index (χ2v) is 4.56. The lowest BCUT2D eigenvalue weighted by molar-refractivity contribution is 0.102. The second-order valence-electron chi connectivity index (χ2n) is 3.75. The maximum atomic E-state index is 13.0. The van der Waals surface area contributed by atoms with E-state index in [0.29, 0.717) is 5.56 Å². The summed E-state index contributed by atoms with van der Waals surface area (Å²) in [4.78, 5) is 11.9. The number of hydrogen-bond acceptors (Lipinski definition) is 2. The Balaban J connectivity index is 2.26. The molecule has 6 heteroatoms. The zero-order valence-corrected chi connectivity index (χ0v) is 11.0. The van der Waals surface area contributed by atoms with Gasteiger partial charge >= 0.3 is 0 Å². The van der Waals surface area contributed by atoms with E-state index in [2.05, 4.69) is 5.32 Å². The molecule has 0 bridgehead atoms. The molecule has 0 fully saturated rings. The van der Waals surface area contributed by atoms with Crippen molar-refractivity contribution in [3.05, 3.63) is 57.8 Å². The number of carbonyl (C=O) groups is 1. The molecule has 0 aliphatic rings. The highest BCUT2D eigenvalue weighted by Crippen LogP contribution is 2.31. The molecule has 0 radical (unpaired) electrons. The zero-order chi connectivity index (χ0) is 14.0. The first kappa shape index (κ1) is 13.6. The maximum Gasteiger partial charge on any atom is 0.255 e. The lowest BCUT2D eigenvalue weighted by atomic mass is 10.2. The van der Waals surface area contributed by atoms with Crippen LogP contribution in [0.15, 0.2) is 36.4 Å². The normalized spacial score (nSPS) is 10.3. The van der Waals surface area contributed by atoms with Gasteiger partial charge in [-0.2, -0.15) is 0 Å².